The first-order valence-corrected chi connectivity index (χ1v) is 8.41. The summed E-state index contributed by atoms with van der Waals surface area (Å²) in [6, 6.07) is 3.34. The monoisotopic (exact) mass is 329 g/mol. The molecule has 0 radical (unpaired) electrons. The zero-order valence-electron chi connectivity index (χ0n) is 12.4. The van der Waals surface area contributed by atoms with Crippen molar-refractivity contribution in [3.05, 3.63) is 28.3 Å². The first-order valence-electron chi connectivity index (χ1n) is 6.93. The summed E-state index contributed by atoms with van der Waals surface area (Å²) in [4.78, 5) is 10.2. The Morgan fingerprint density at radius 3 is 2.77 bits per heavy atom. The van der Waals surface area contributed by atoms with Crippen LogP contribution in [0.3, 0.4) is 0 Å². The van der Waals surface area contributed by atoms with Gasteiger partial charge >= 0.3 is 5.69 Å². The zero-order valence-corrected chi connectivity index (χ0v) is 13.2. The van der Waals surface area contributed by atoms with E-state index in [-0.39, 0.29) is 28.4 Å². The Labute approximate surface area is 129 Å². The van der Waals surface area contributed by atoms with Crippen molar-refractivity contribution < 1.29 is 18.1 Å². The summed E-state index contributed by atoms with van der Waals surface area (Å²) in [5, 5.41) is 14.1. The Kier molecular flexibility index (Phi) is 4.99. The highest BCUT2D eigenvalue weighted by molar-refractivity contribution is 7.89. The van der Waals surface area contributed by atoms with Crippen LogP contribution in [0.1, 0.15) is 19.8 Å². The zero-order chi connectivity index (χ0) is 16.3. The highest BCUT2D eigenvalue weighted by Crippen LogP contribution is 2.29. The first-order chi connectivity index (χ1) is 10.3. The summed E-state index contributed by atoms with van der Waals surface area (Å²) in [5.41, 5.74) is -0.269. The summed E-state index contributed by atoms with van der Waals surface area (Å²) in [5.74, 6) is -0.0808. The van der Waals surface area contributed by atoms with Crippen LogP contribution in [-0.2, 0) is 10.0 Å². The Morgan fingerprint density at radius 2 is 2.18 bits per heavy atom. The van der Waals surface area contributed by atoms with Gasteiger partial charge in [0.05, 0.1) is 16.9 Å². The van der Waals surface area contributed by atoms with Gasteiger partial charge in [0.25, 0.3) is 0 Å². The van der Waals surface area contributed by atoms with Crippen LogP contribution in [0.5, 0.6) is 5.75 Å². The van der Waals surface area contributed by atoms with Gasteiger partial charge in [-0.2, -0.15) is 0 Å². The molecule has 0 bridgehead atoms. The van der Waals surface area contributed by atoms with E-state index in [1.165, 1.54) is 19.2 Å². The second-order valence-corrected chi connectivity index (χ2v) is 6.92. The maximum Gasteiger partial charge on any atom is 0.310 e. The molecule has 22 heavy (non-hydrogen) atoms. The van der Waals surface area contributed by atoms with Gasteiger partial charge in [0.1, 0.15) is 0 Å². The molecule has 0 amide bonds. The number of nitro groups is 1. The van der Waals surface area contributed by atoms with Gasteiger partial charge in [-0.3, -0.25) is 10.1 Å². The number of hydrogen-bond donors (Lipinski definition) is 2. The van der Waals surface area contributed by atoms with Crippen molar-refractivity contribution >= 4 is 15.7 Å². The molecule has 1 saturated heterocycles. The van der Waals surface area contributed by atoms with Gasteiger partial charge in [-0.1, -0.05) is 0 Å². The maximum absolute atomic E-state index is 12.4. The Balaban J connectivity index is 2.27. The third-order valence-corrected chi connectivity index (χ3v) is 5.21. The summed E-state index contributed by atoms with van der Waals surface area (Å²) < 4.78 is 32.4. The second kappa shape index (κ2) is 6.59. The van der Waals surface area contributed by atoms with Gasteiger partial charge < -0.3 is 10.1 Å². The van der Waals surface area contributed by atoms with Gasteiger partial charge in [-0.25, -0.2) is 13.1 Å². The van der Waals surface area contributed by atoms with Crippen LogP contribution in [0.25, 0.3) is 0 Å². The fraction of sp³-hybridized carbons (Fsp3) is 0.538. The molecule has 2 atom stereocenters. The molecular weight excluding hydrogens is 310 g/mol. The predicted molar refractivity (Wildman–Crippen MR) is 80.5 cm³/mol. The average Bonchev–Trinajstić information content (AvgIpc) is 2.48. The number of nitrogens with zero attached hydrogens (tertiary/aromatic N) is 1. The smallest absolute Gasteiger partial charge is 0.310 e. The summed E-state index contributed by atoms with van der Waals surface area (Å²) in [7, 11) is -2.50. The van der Waals surface area contributed by atoms with Crippen LogP contribution < -0.4 is 14.8 Å². The number of nitrogens with one attached hydrogen (secondary N) is 2. The molecule has 1 aliphatic heterocycles. The standard InChI is InChI=1S/C13H19N3O5S/c1-9-11(4-3-7-14-9)15-22(19,20)10-5-6-12(16(17)18)13(8-10)21-2/h5-6,8-9,11,14-15H,3-4,7H2,1-2H3. The van der Waals surface area contributed by atoms with Gasteiger partial charge in [-0.05, 0) is 32.4 Å². The molecule has 1 aromatic carbocycles. The third kappa shape index (κ3) is 3.54. The second-order valence-electron chi connectivity index (χ2n) is 5.20. The van der Waals surface area contributed by atoms with Gasteiger partial charge in [-0.15, -0.1) is 0 Å². The van der Waals surface area contributed by atoms with E-state index in [0.717, 1.165) is 25.5 Å². The van der Waals surface area contributed by atoms with Gasteiger partial charge in [0.15, 0.2) is 5.75 Å². The lowest BCUT2D eigenvalue weighted by molar-refractivity contribution is -0.385. The minimum Gasteiger partial charge on any atom is -0.490 e. The molecule has 9 heteroatoms. The lowest BCUT2D eigenvalue weighted by Crippen LogP contribution is -2.51. The van der Waals surface area contributed by atoms with Crippen LogP contribution in [0.2, 0.25) is 0 Å². The molecule has 2 N–H and O–H groups in total. The molecule has 0 spiro atoms. The lowest BCUT2D eigenvalue weighted by Gasteiger charge is -2.30. The topological polar surface area (TPSA) is 111 Å². The number of sulfonamides is 1. The van der Waals surface area contributed by atoms with Crippen molar-refractivity contribution in [2.75, 3.05) is 13.7 Å². The molecule has 0 aromatic heterocycles. The van der Waals surface area contributed by atoms with Crippen LogP contribution in [0.4, 0.5) is 5.69 Å². The SMILES string of the molecule is COc1cc(S(=O)(=O)NC2CCCNC2C)ccc1[N+](=O)[O-]. The molecule has 1 fully saturated rings. The van der Waals surface area contributed by atoms with Crippen molar-refractivity contribution in [3.8, 4) is 5.75 Å². The predicted octanol–water partition coefficient (Wildman–Crippen LogP) is 1.02. The Hall–Kier alpha value is -1.71. The number of ether oxygens (including phenoxy) is 1. The van der Waals surface area contributed by atoms with E-state index in [4.69, 9.17) is 4.74 Å². The number of benzene rings is 1. The van der Waals surface area contributed by atoms with Crippen molar-refractivity contribution in [1.82, 2.24) is 10.0 Å². The van der Waals surface area contributed by atoms with Crippen LogP contribution in [0, 0.1) is 10.1 Å². The minimum atomic E-state index is -3.76. The van der Waals surface area contributed by atoms with Crippen LogP contribution in [-0.4, -0.2) is 39.1 Å². The minimum absolute atomic E-state index is 0.0310. The highest BCUT2D eigenvalue weighted by Gasteiger charge is 2.28. The van der Waals surface area contributed by atoms with Crippen LogP contribution in [0.15, 0.2) is 23.1 Å². The van der Waals surface area contributed by atoms with Crippen LogP contribution >= 0.6 is 0 Å². The number of rotatable bonds is 5. The Bertz CT molecular complexity index is 662. The molecule has 122 valence electrons. The van der Waals surface area contributed by atoms with E-state index in [9.17, 15) is 18.5 Å². The molecular formula is C13H19N3O5S. The van der Waals surface area contributed by atoms with E-state index in [2.05, 4.69) is 10.0 Å². The highest BCUT2D eigenvalue weighted by atomic mass is 32.2. The molecule has 1 aliphatic rings. The van der Waals surface area contributed by atoms with E-state index < -0.39 is 14.9 Å². The van der Waals surface area contributed by atoms with Crippen molar-refractivity contribution in [2.24, 2.45) is 0 Å². The Morgan fingerprint density at radius 1 is 1.45 bits per heavy atom. The van der Waals surface area contributed by atoms with E-state index in [1.807, 2.05) is 6.92 Å². The van der Waals surface area contributed by atoms with Gasteiger partial charge in [0, 0.05) is 24.2 Å². The molecule has 2 rings (SSSR count). The van der Waals surface area contributed by atoms with Gasteiger partial charge in [0.2, 0.25) is 10.0 Å². The quantitative estimate of drug-likeness (QED) is 0.616. The number of hydrogen-bond acceptors (Lipinski definition) is 6. The number of nitro benzene ring substituents is 1. The molecule has 0 saturated carbocycles. The molecule has 1 aromatic rings. The molecule has 2 unspecified atom stereocenters. The molecule has 0 aliphatic carbocycles. The normalized spacial score (nSPS) is 22.3. The van der Waals surface area contributed by atoms with Crippen molar-refractivity contribution in [2.45, 2.75) is 36.7 Å². The third-order valence-electron chi connectivity index (χ3n) is 3.73. The summed E-state index contributed by atoms with van der Waals surface area (Å²) in [6.45, 7) is 2.79. The largest absolute Gasteiger partial charge is 0.490 e. The van der Waals surface area contributed by atoms with Crippen molar-refractivity contribution in [1.29, 1.82) is 0 Å². The van der Waals surface area contributed by atoms with E-state index >= 15 is 0 Å². The average molecular weight is 329 g/mol. The lowest BCUT2D eigenvalue weighted by atomic mass is 10.0. The molecule has 1 heterocycles. The number of methoxy groups -OCH3 is 1. The van der Waals surface area contributed by atoms with Crippen molar-refractivity contribution in [3.63, 3.8) is 0 Å². The fourth-order valence-electron chi connectivity index (χ4n) is 2.45. The molecule has 8 nitrogen and oxygen atoms in total. The van der Waals surface area contributed by atoms with E-state index in [1.54, 1.807) is 0 Å². The number of piperidine rings is 1. The maximum atomic E-state index is 12.4. The fourth-order valence-corrected chi connectivity index (χ4v) is 3.81. The first kappa shape index (κ1) is 16.7. The summed E-state index contributed by atoms with van der Waals surface area (Å²) in [6.07, 6.45) is 1.64. The van der Waals surface area contributed by atoms with E-state index in [0.29, 0.717) is 0 Å². The summed E-state index contributed by atoms with van der Waals surface area (Å²) >= 11 is 0.